The smallest absolute Gasteiger partial charge is 0.227 e. The molecule has 1 heterocycles. The average Bonchev–Trinajstić information content (AvgIpc) is 2.97. The van der Waals surface area contributed by atoms with Crippen LogP contribution in [0.5, 0.6) is 0 Å². The lowest BCUT2D eigenvalue weighted by molar-refractivity contribution is -0.120. The largest absolute Gasteiger partial charge is 0.381 e. The van der Waals surface area contributed by atoms with Crippen molar-refractivity contribution in [3.63, 3.8) is 0 Å². The quantitative estimate of drug-likeness (QED) is 0.707. The van der Waals surface area contributed by atoms with E-state index in [1.165, 1.54) is 0 Å². The zero-order valence-corrected chi connectivity index (χ0v) is 14.7. The molecule has 0 aliphatic carbocycles. The number of amides is 2. The Morgan fingerprint density at radius 1 is 1.29 bits per heavy atom. The van der Waals surface area contributed by atoms with Crippen LogP contribution in [0.1, 0.15) is 38.7 Å². The minimum absolute atomic E-state index is 0.0175. The van der Waals surface area contributed by atoms with E-state index in [4.69, 9.17) is 4.74 Å². The number of anilines is 1. The highest BCUT2D eigenvalue weighted by atomic mass is 16.5. The van der Waals surface area contributed by atoms with Crippen molar-refractivity contribution in [2.45, 2.75) is 39.5 Å². The van der Waals surface area contributed by atoms with Gasteiger partial charge in [0.05, 0.1) is 6.42 Å². The van der Waals surface area contributed by atoms with E-state index in [1.54, 1.807) is 4.90 Å². The molecule has 1 aliphatic heterocycles. The third-order valence-corrected chi connectivity index (χ3v) is 3.92. The molecule has 5 nitrogen and oxygen atoms in total. The van der Waals surface area contributed by atoms with E-state index in [0.717, 1.165) is 37.2 Å². The predicted molar refractivity (Wildman–Crippen MR) is 95.0 cm³/mol. The topological polar surface area (TPSA) is 58.6 Å². The lowest BCUT2D eigenvalue weighted by atomic mass is 10.1. The molecule has 1 aromatic rings. The first kappa shape index (κ1) is 18.5. The lowest BCUT2D eigenvalue weighted by Crippen LogP contribution is -2.27. The Hall–Kier alpha value is -1.88. The van der Waals surface area contributed by atoms with Gasteiger partial charge in [0.1, 0.15) is 0 Å². The molecule has 0 atom stereocenters. The van der Waals surface area contributed by atoms with Gasteiger partial charge in [-0.25, -0.2) is 0 Å². The van der Waals surface area contributed by atoms with Crippen molar-refractivity contribution < 1.29 is 14.3 Å². The highest BCUT2D eigenvalue weighted by Gasteiger charge is 2.21. The molecule has 0 bridgehead atoms. The highest BCUT2D eigenvalue weighted by Crippen LogP contribution is 2.21. The monoisotopic (exact) mass is 332 g/mol. The van der Waals surface area contributed by atoms with Crippen molar-refractivity contribution in [1.29, 1.82) is 0 Å². The summed E-state index contributed by atoms with van der Waals surface area (Å²) in [5, 5.41) is 2.91. The summed E-state index contributed by atoms with van der Waals surface area (Å²) in [6.07, 6.45) is 2.74. The molecule has 2 amide bonds. The predicted octanol–water partition coefficient (Wildman–Crippen LogP) is 2.53. The number of nitrogens with zero attached hydrogens (tertiary/aromatic N) is 1. The van der Waals surface area contributed by atoms with Crippen LogP contribution in [0.25, 0.3) is 0 Å². The Balaban J connectivity index is 1.67. The Bertz CT molecular complexity index is 540. The van der Waals surface area contributed by atoms with Gasteiger partial charge >= 0.3 is 0 Å². The lowest BCUT2D eigenvalue weighted by Gasteiger charge is -2.15. The van der Waals surface area contributed by atoms with Gasteiger partial charge in [-0.2, -0.15) is 0 Å². The molecule has 24 heavy (non-hydrogen) atoms. The van der Waals surface area contributed by atoms with E-state index in [-0.39, 0.29) is 11.8 Å². The average molecular weight is 332 g/mol. The van der Waals surface area contributed by atoms with Gasteiger partial charge in [-0.1, -0.05) is 26.0 Å². The first-order valence-corrected chi connectivity index (χ1v) is 8.80. The van der Waals surface area contributed by atoms with Gasteiger partial charge in [0.15, 0.2) is 0 Å². The van der Waals surface area contributed by atoms with Crippen molar-refractivity contribution >= 4 is 17.5 Å². The minimum atomic E-state index is 0.0175. The van der Waals surface area contributed by atoms with E-state index >= 15 is 0 Å². The van der Waals surface area contributed by atoms with Crippen molar-refractivity contribution in [3.05, 3.63) is 29.8 Å². The summed E-state index contributed by atoms with van der Waals surface area (Å²) < 4.78 is 5.48. The number of hydrogen-bond donors (Lipinski definition) is 1. The maximum Gasteiger partial charge on any atom is 0.227 e. The molecule has 1 fully saturated rings. The summed E-state index contributed by atoms with van der Waals surface area (Å²) >= 11 is 0. The molecule has 0 radical (unpaired) electrons. The van der Waals surface area contributed by atoms with Gasteiger partial charge in [-0.3, -0.25) is 9.59 Å². The van der Waals surface area contributed by atoms with Crippen LogP contribution in [0.15, 0.2) is 24.3 Å². The molecule has 1 aliphatic rings. The minimum Gasteiger partial charge on any atom is -0.381 e. The first-order valence-electron chi connectivity index (χ1n) is 8.80. The van der Waals surface area contributed by atoms with Crippen LogP contribution in [-0.2, 0) is 20.7 Å². The van der Waals surface area contributed by atoms with Gasteiger partial charge in [0.25, 0.3) is 0 Å². The molecule has 1 saturated heterocycles. The third-order valence-electron chi connectivity index (χ3n) is 3.92. The van der Waals surface area contributed by atoms with Gasteiger partial charge in [-0.05, 0) is 36.5 Å². The van der Waals surface area contributed by atoms with Crippen LogP contribution in [0.2, 0.25) is 0 Å². The van der Waals surface area contributed by atoms with Crippen LogP contribution in [0, 0.1) is 5.92 Å². The SMILES string of the molecule is CC(C)COCCCNC(=O)Cc1ccc(N2CCCC2=O)cc1. The fourth-order valence-corrected chi connectivity index (χ4v) is 2.68. The Morgan fingerprint density at radius 3 is 2.67 bits per heavy atom. The summed E-state index contributed by atoms with van der Waals surface area (Å²) in [5.74, 6) is 0.738. The zero-order valence-electron chi connectivity index (χ0n) is 14.7. The molecule has 5 heteroatoms. The van der Waals surface area contributed by atoms with Crippen LogP contribution in [0.4, 0.5) is 5.69 Å². The summed E-state index contributed by atoms with van der Waals surface area (Å²) in [4.78, 5) is 25.5. The normalized spacial score (nSPS) is 14.5. The summed E-state index contributed by atoms with van der Waals surface area (Å²) in [5.41, 5.74) is 1.88. The maximum absolute atomic E-state index is 11.9. The van der Waals surface area contributed by atoms with Gasteiger partial charge < -0.3 is 15.0 Å². The number of nitrogens with one attached hydrogen (secondary N) is 1. The number of rotatable bonds is 9. The van der Waals surface area contributed by atoms with Crippen molar-refractivity contribution in [2.75, 3.05) is 31.2 Å². The number of hydrogen-bond acceptors (Lipinski definition) is 3. The van der Waals surface area contributed by atoms with Crippen molar-refractivity contribution in [1.82, 2.24) is 5.32 Å². The van der Waals surface area contributed by atoms with Crippen LogP contribution in [-0.4, -0.2) is 38.1 Å². The standard InChI is InChI=1S/C19H28N2O3/c1-15(2)14-24-12-4-10-20-18(22)13-16-6-8-17(9-7-16)21-11-3-5-19(21)23/h6-9,15H,3-5,10-14H2,1-2H3,(H,20,22). The fourth-order valence-electron chi connectivity index (χ4n) is 2.68. The second-order valence-corrected chi connectivity index (χ2v) is 6.66. The molecule has 0 spiro atoms. The van der Waals surface area contributed by atoms with Gasteiger partial charge in [0.2, 0.25) is 11.8 Å². The Labute approximate surface area is 144 Å². The van der Waals surface area contributed by atoms with Crippen LogP contribution >= 0.6 is 0 Å². The van der Waals surface area contributed by atoms with E-state index in [2.05, 4.69) is 19.2 Å². The summed E-state index contributed by atoms with van der Waals surface area (Å²) in [7, 11) is 0. The van der Waals surface area contributed by atoms with Crippen molar-refractivity contribution in [3.8, 4) is 0 Å². The molecular formula is C19H28N2O3. The second-order valence-electron chi connectivity index (χ2n) is 6.66. The van der Waals surface area contributed by atoms with Gasteiger partial charge in [0, 0.05) is 38.4 Å². The zero-order chi connectivity index (χ0) is 17.4. The number of carbonyl (C=O) groups excluding carboxylic acids is 2. The van der Waals surface area contributed by atoms with Crippen LogP contribution in [0.3, 0.4) is 0 Å². The molecule has 0 aromatic heterocycles. The Kier molecular flexibility index (Phi) is 7.25. The number of benzene rings is 1. The third kappa shape index (κ3) is 5.96. The fraction of sp³-hybridized carbons (Fsp3) is 0.579. The van der Waals surface area contributed by atoms with E-state index in [9.17, 15) is 9.59 Å². The molecule has 0 unspecified atom stereocenters. The first-order chi connectivity index (χ1) is 11.6. The molecular weight excluding hydrogens is 304 g/mol. The second kappa shape index (κ2) is 9.42. The Morgan fingerprint density at radius 2 is 2.04 bits per heavy atom. The molecule has 1 N–H and O–H groups in total. The van der Waals surface area contributed by atoms with E-state index < -0.39 is 0 Å². The van der Waals surface area contributed by atoms with E-state index in [0.29, 0.717) is 31.9 Å². The summed E-state index contributed by atoms with van der Waals surface area (Å²) in [6.45, 7) is 7.10. The number of ether oxygens (including phenoxy) is 1. The number of carbonyl (C=O) groups is 2. The van der Waals surface area contributed by atoms with E-state index in [1.807, 2.05) is 24.3 Å². The molecule has 132 valence electrons. The van der Waals surface area contributed by atoms with Crippen LogP contribution < -0.4 is 10.2 Å². The van der Waals surface area contributed by atoms with Gasteiger partial charge in [-0.15, -0.1) is 0 Å². The summed E-state index contributed by atoms with van der Waals surface area (Å²) in [6, 6.07) is 7.69. The molecule has 0 saturated carbocycles. The maximum atomic E-state index is 11.9. The molecule has 2 rings (SSSR count). The van der Waals surface area contributed by atoms with Crippen molar-refractivity contribution in [2.24, 2.45) is 5.92 Å². The highest BCUT2D eigenvalue weighted by molar-refractivity contribution is 5.95. The molecule has 1 aromatic carbocycles.